The van der Waals surface area contributed by atoms with Crippen LogP contribution in [0.15, 0.2) is 24.4 Å². The van der Waals surface area contributed by atoms with Crippen molar-refractivity contribution < 1.29 is 4.79 Å². The van der Waals surface area contributed by atoms with Crippen LogP contribution in [0.25, 0.3) is 0 Å². The maximum Gasteiger partial charge on any atom is 0.243 e. The lowest BCUT2D eigenvalue weighted by molar-refractivity contribution is -0.138. The molecule has 0 aromatic carbocycles. The third kappa shape index (κ3) is 2.86. The molecule has 0 N–H and O–H groups in total. The molecule has 4 heteroatoms. The lowest BCUT2D eigenvalue weighted by atomic mass is 9.82. The monoisotopic (exact) mass is 245 g/mol. The van der Waals surface area contributed by atoms with Crippen molar-refractivity contribution >= 4 is 5.91 Å². The number of hydrogen-bond acceptors (Lipinski definition) is 3. The van der Waals surface area contributed by atoms with Crippen LogP contribution in [0.2, 0.25) is 0 Å². The van der Waals surface area contributed by atoms with Crippen LogP contribution >= 0.6 is 0 Å². The lowest BCUT2D eigenvalue weighted by Crippen LogP contribution is -2.40. The zero-order chi connectivity index (χ0) is 13.6. The molecule has 0 bridgehead atoms. The van der Waals surface area contributed by atoms with Crippen molar-refractivity contribution in [3.05, 3.63) is 30.1 Å². The van der Waals surface area contributed by atoms with Crippen LogP contribution in [0.4, 0.5) is 0 Å². The van der Waals surface area contributed by atoms with Gasteiger partial charge in [0.2, 0.25) is 5.91 Å². The number of nitriles is 1. The van der Waals surface area contributed by atoms with E-state index in [0.29, 0.717) is 19.4 Å². The average molecular weight is 245 g/mol. The van der Waals surface area contributed by atoms with Crippen LogP contribution in [-0.2, 0) is 11.3 Å². The number of rotatable bonds is 5. The summed E-state index contributed by atoms with van der Waals surface area (Å²) in [6.45, 7) is 4.18. The molecule has 0 atom stereocenters. The largest absolute Gasteiger partial charge is 0.338 e. The van der Waals surface area contributed by atoms with Gasteiger partial charge in [-0.05, 0) is 25.0 Å². The van der Waals surface area contributed by atoms with Gasteiger partial charge >= 0.3 is 0 Å². The highest BCUT2D eigenvalue weighted by Gasteiger charge is 2.37. The fourth-order valence-corrected chi connectivity index (χ4v) is 1.93. The third-order valence-electron chi connectivity index (χ3n) is 3.30. The molecule has 18 heavy (non-hydrogen) atoms. The van der Waals surface area contributed by atoms with Crippen molar-refractivity contribution in [2.45, 2.75) is 33.2 Å². The summed E-state index contributed by atoms with van der Waals surface area (Å²) in [5.41, 5.74) is -0.0730. The van der Waals surface area contributed by atoms with Crippen LogP contribution in [0.3, 0.4) is 0 Å². The zero-order valence-corrected chi connectivity index (χ0v) is 11.2. The molecule has 1 rings (SSSR count). The Morgan fingerprint density at radius 1 is 1.44 bits per heavy atom. The van der Waals surface area contributed by atoms with Gasteiger partial charge in [-0.1, -0.05) is 19.9 Å². The first kappa shape index (κ1) is 14.2. The Hall–Kier alpha value is -1.89. The number of pyridine rings is 1. The van der Waals surface area contributed by atoms with Crippen LogP contribution in [0.1, 0.15) is 32.4 Å². The smallest absolute Gasteiger partial charge is 0.243 e. The average Bonchev–Trinajstić information content (AvgIpc) is 2.42. The molecule has 0 spiro atoms. The molecule has 0 fully saturated rings. The van der Waals surface area contributed by atoms with E-state index in [1.165, 1.54) is 0 Å². The maximum absolute atomic E-state index is 12.3. The zero-order valence-electron chi connectivity index (χ0n) is 11.2. The van der Waals surface area contributed by atoms with Crippen molar-refractivity contribution in [3.63, 3.8) is 0 Å². The van der Waals surface area contributed by atoms with Crippen molar-refractivity contribution in [2.75, 3.05) is 7.05 Å². The second-order valence-electron chi connectivity index (χ2n) is 4.38. The molecule has 0 aliphatic carbocycles. The normalized spacial score (nSPS) is 10.8. The molecule has 1 aromatic rings. The van der Waals surface area contributed by atoms with Gasteiger partial charge in [0.15, 0.2) is 0 Å². The molecule has 0 saturated carbocycles. The molecular weight excluding hydrogens is 226 g/mol. The van der Waals surface area contributed by atoms with Crippen LogP contribution in [-0.4, -0.2) is 22.8 Å². The first-order chi connectivity index (χ1) is 8.59. The number of amides is 1. The van der Waals surface area contributed by atoms with E-state index in [-0.39, 0.29) is 5.91 Å². The van der Waals surface area contributed by atoms with Gasteiger partial charge in [0.05, 0.1) is 18.3 Å². The Kier molecular flexibility index (Phi) is 4.85. The van der Waals surface area contributed by atoms with Gasteiger partial charge in [-0.3, -0.25) is 9.78 Å². The van der Waals surface area contributed by atoms with E-state index >= 15 is 0 Å². The fraction of sp³-hybridized carbons (Fsp3) is 0.500. The molecule has 0 unspecified atom stereocenters. The molecule has 4 nitrogen and oxygen atoms in total. The summed E-state index contributed by atoms with van der Waals surface area (Å²) >= 11 is 0. The Morgan fingerprint density at radius 2 is 2.11 bits per heavy atom. The van der Waals surface area contributed by atoms with Crippen molar-refractivity contribution in [3.8, 4) is 6.07 Å². The molecule has 1 amide bonds. The number of hydrogen-bond donors (Lipinski definition) is 0. The van der Waals surface area contributed by atoms with E-state index < -0.39 is 5.41 Å². The van der Waals surface area contributed by atoms with Gasteiger partial charge in [-0.15, -0.1) is 0 Å². The van der Waals surface area contributed by atoms with E-state index in [0.717, 1.165) is 5.69 Å². The number of nitrogens with zero attached hydrogens (tertiary/aromatic N) is 3. The van der Waals surface area contributed by atoms with E-state index in [1.54, 1.807) is 18.1 Å². The van der Waals surface area contributed by atoms with Gasteiger partial charge in [0.1, 0.15) is 5.41 Å². The van der Waals surface area contributed by atoms with Gasteiger partial charge < -0.3 is 4.90 Å². The van der Waals surface area contributed by atoms with E-state index in [1.807, 2.05) is 32.0 Å². The standard InChI is InChI=1S/C14H19N3O/c1-4-14(5-2,11-15)13(18)17(3)10-12-8-6-7-9-16-12/h6-9H,4-5,10H2,1-3H3. The van der Waals surface area contributed by atoms with Crippen molar-refractivity contribution in [2.24, 2.45) is 5.41 Å². The second-order valence-corrected chi connectivity index (χ2v) is 4.38. The summed E-state index contributed by atoms with van der Waals surface area (Å²) in [5.74, 6) is -0.124. The molecule has 1 heterocycles. The minimum absolute atomic E-state index is 0.124. The Morgan fingerprint density at radius 3 is 2.56 bits per heavy atom. The van der Waals surface area contributed by atoms with Crippen LogP contribution in [0.5, 0.6) is 0 Å². The maximum atomic E-state index is 12.3. The third-order valence-corrected chi connectivity index (χ3v) is 3.30. The van der Waals surface area contributed by atoms with E-state index in [9.17, 15) is 10.1 Å². The Labute approximate surface area is 108 Å². The molecule has 0 saturated heterocycles. The second kappa shape index (κ2) is 6.15. The lowest BCUT2D eigenvalue weighted by Gasteiger charge is -2.28. The van der Waals surface area contributed by atoms with Gasteiger partial charge in [-0.2, -0.15) is 5.26 Å². The predicted octanol–water partition coefficient (Wildman–Crippen LogP) is 2.37. The van der Waals surface area contributed by atoms with Crippen LogP contribution < -0.4 is 0 Å². The van der Waals surface area contributed by atoms with Crippen LogP contribution in [0, 0.1) is 16.7 Å². The summed E-state index contributed by atoms with van der Waals surface area (Å²) in [6, 6.07) is 7.76. The molecule has 1 aromatic heterocycles. The molecule has 96 valence electrons. The molecule has 0 aliphatic rings. The van der Waals surface area contributed by atoms with Gasteiger partial charge in [0, 0.05) is 13.2 Å². The number of carbonyl (C=O) groups is 1. The summed E-state index contributed by atoms with van der Waals surface area (Å²) in [5, 5.41) is 9.25. The highest BCUT2D eigenvalue weighted by molar-refractivity contribution is 5.85. The minimum Gasteiger partial charge on any atom is -0.338 e. The van der Waals surface area contributed by atoms with Gasteiger partial charge in [0.25, 0.3) is 0 Å². The molecule has 0 radical (unpaired) electrons. The predicted molar refractivity (Wildman–Crippen MR) is 69.3 cm³/mol. The quantitative estimate of drug-likeness (QED) is 0.800. The summed E-state index contributed by atoms with van der Waals surface area (Å²) in [4.78, 5) is 18.1. The number of aromatic nitrogens is 1. The first-order valence-corrected chi connectivity index (χ1v) is 6.16. The Bertz CT molecular complexity index is 432. The van der Waals surface area contributed by atoms with E-state index in [4.69, 9.17) is 0 Å². The fourth-order valence-electron chi connectivity index (χ4n) is 1.93. The highest BCUT2D eigenvalue weighted by atomic mass is 16.2. The molecule has 0 aliphatic heterocycles. The van der Waals surface area contributed by atoms with E-state index in [2.05, 4.69) is 11.1 Å². The Balaban J connectivity index is 2.81. The SMILES string of the molecule is CCC(C#N)(CC)C(=O)N(C)Cc1ccccn1. The topological polar surface area (TPSA) is 57.0 Å². The summed E-state index contributed by atoms with van der Waals surface area (Å²) in [6.07, 6.45) is 2.77. The highest BCUT2D eigenvalue weighted by Crippen LogP contribution is 2.28. The summed E-state index contributed by atoms with van der Waals surface area (Å²) in [7, 11) is 1.72. The van der Waals surface area contributed by atoms with Crippen molar-refractivity contribution in [1.29, 1.82) is 5.26 Å². The first-order valence-electron chi connectivity index (χ1n) is 6.16. The van der Waals surface area contributed by atoms with Gasteiger partial charge in [-0.25, -0.2) is 0 Å². The number of carbonyl (C=O) groups excluding carboxylic acids is 1. The van der Waals surface area contributed by atoms with Crippen molar-refractivity contribution in [1.82, 2.24) is 9.88 Å². The summed E-state index contributed by atoms with van der Waals surface area (Å²) < 4.78 is 0. The minimum atomic E-state index is -0.899. The molecular formula is C14H19N3O.